The van der Waals surface area contributed by atoms with E-state index in [1.165, 1.54) is 59.6 Å². The average Bonchev–Trinajstić information content (AvgIpc) is 3.41. The Morgan fingerprint density at radius 1 is 0.611 bits per heavy atom. The van der Waals surface area contributed by atoms with Crippen molar-refractivity contribution >= 4 is 11.4 Å². The van der Waals surface area contributed by atoms with Crippen LogP contribution in [0.1, 0.15) is 24.0 Å². The maximum Gasteiger partial charge on any atom is 0.173 e. The van der Waals surface area contributed by atoms with Crippen LogP contribution in [0, 0.1) is 0 Å². The highest BCUT2D eigenvalue weighted by molar-refractivity contribution is 5.63. The van der Waals surface area contributed by atoms with Crippen molar-refractivity contribution in [3.63, 3.8) is 0 Å². The second-order valence-corrected chi connectivity index (χ2v) is 9.44. The van der Waals surface area contributed by atoms with Crippen molar-refractivity contribution in [1.29, 1.82) is 0 Å². The lowest BCUT2D eigenvalue weighted by Crippen LogP contribution is -3.00. The smallest absolute Gasteiger partial charge is 0.173 e. The first-order valence-corrected chi connectivity index (χ1v) is 12.2. The summed E-state index contributed by atoms with van der Waals surface area (Å²) >= 11 is 0. The Morgan fingerprint density at radius 2 is 1.03 bits per heavy atom. The Kier molecular flexibility index (Phi) is 10.1. The second kappa shape index (κ2) is 13.0. The van der Waals surface area contributed by atoms with E-state index < -0.39 is 0 Å². The van der Waals surface area contributed by atoms with Gasteiger partial charge in [0.05, 0.1) is 0 Å². The largest absolute Gasteiger partial charge is 1.00 e. The molecule has 0 spiro atoms. The lowest BCUT2D eigenvalue weighted by molar-refractivity contribution is -0.688. The summed E-state index contributed by atoms with van der Waals surface area (Å²) in [6, 6.07) is 26.7. The monoisotopic (exact) mass is 608 g/mol. The molecular formula is C30H34Br2N4. The van der Waals surface area contributed by atoms with Crippen LogP contribution in [0.3, 0.4) is 0 Å². The number of aromatic nitrogens is 2. The molecule has 0 N–H and O–H groups in total. The predicted molar refractivity (Wildman–Crippen MR) is 139 cm³/mol. The van der Waals surface area contributed by atoms with Crippen LogP contribution >= 0.6 is 0 Å². The number of anilines is 2. The molecule has 0 unspecified atom stereocenters. The van der Waals surface area contributed by atoms with Crippen LogP contribution in [-0.2, 0) is 13.1 Å². The summed E-state index contributed by atoms with van der Waals surface area (Å²) < 4.78 is 4.47. The van der Waals surface area contributed by atoms with Crippen molar-refractivity contribution < 1.29 is 43.1 Å². The first-order valence-electron chi connectivity index (χ1n) is 12.2. The molecule has 0 amide bonds. The Labute approximate surface area is 236 Å². The minimum absolute atomic E-state index is 0. The van der Waals surface area contributed by atoms with Gasteiger partial charge in [-0.05, 0) is 24.0 Å². The standard InChI is InChI=1S/C30H34N4.2BrH/c1-31(2)29-13-19-32(20-14-29)23-25-5-9-27(10-6-25)28-11-7-26(8-12-28)24-33-21-15-30(16-22-33)34-17-3-4-18-34;;/h5-16,19-22H,3-4,17-18,23-24H2,1-2H3;2*1H/q+2;;/p-2. The average molecular weight is 610 g/mol. The molecule has 0 atom stereocenters. The Bertz CT molecular complexity index is 1200. The van der Waals surface area contributed by atoms with E-state index in [0.29, 0.717) is 0 Å². The number of halogens is 2. The summed E-state index contributed by atoms with van der Waals surface area (Å²) in [5, 5.41) is 0. The molecule has 0 bridgehead atoms. The minimum Gasteiger partial charge on any atom is -1.00 e. The fraction of sp³-hybridized carbons (Fsp3) is 0.267. The molecule has 5 rings (SSSR count). The molecule has 1 fully saturated rings. The molecule has 1 saturated heterocycles. The molecule has 0 aliphatic carbocycles. The molecule has 36 heavy (non-hydrogen) atoms. The van der Waals surface area contributed by atoms with Gasteiger partial charge in [0.2, 0.25) is 0 Å². The summed E-state index contributed by atoms with van der Waals surface area (Å²) in [5.41, 5.74) is 7.69. The summed E-state index contributed by atoms with van der Waals surface area (Å²) in [6.07, 6.45) is 11.3. The summed E-state index contributed by atoms with van der Waals surface area (Å²) in [4.78, 5) is 4.60. The highest BCUT2D eigenvalue weighted by Crippen LogP contribution is 2.21. The van der Waals surface area contributed by atoms with Crippen molar-refractivity contribution in [2.75, 3.05) is 37.0 Å². The second-order valence-electron chi connectivity index (χ2n) is 9.44. The number of hydrogen-bond acceptors (Lipinski definition) is 2. The van der Waals surface area contributed by atoms with E-state index in [9.17, 15) is 0 Å². The summed E-state index contributed by atoms with van der Waals surface area (Å²) in [6.45, 7) is 4.15. The van der Waals surface area contributed by atoms with Gasteiger partial charge in [0, 0.05) is 74.0 Å². The van der Waals surface area contributed by atoms with Gasteiger partial charge in [-0.25, -0.2) is 9.13 Å². The van der Waals surface area contributed by atoms with Gasteiger partial charge in [-0.15, -0.1) is 0 Å². The number of pyridine rings is 2. The van der Waals surface area contributed by atoms with Crippen LogP contribution in [0.4, 0.5) is 11.4 Å². The number of rotatable bonds is 7. The van der Waals surface area contributed by atoms with Crippen molar-refractivity contribution in [2.45, 2.75) is 25.9 Å². The zero-order valence-corrected chi connectivity index (χ0v) is 24.2. The highest BCUT2D eigenvalue weighted by atomic mass is 79.9. The van der Waals surface area contributed by atoms with Gasteiger partial charge in [0.1, 0.15) is 0 Å². The van der Waals surface area contributed by atoms with Crippen LogP contribution in [0.5, 0.6) is 0 Å². The van der Waals surface area contributed by atoms with Crippen molar-refractivity contribution in [1.82, 2.24) is 0 Å². The SMILES string of the molecule is CN(C)c1cc[n+](Cc2ccc(-c3ccc(C[n+]4ccc(N5CCCC5)cc4)cc3)cc2)cc1.[Br-].[Br-]. The van der Waals surface area contributed by atoms with Gasteiger partial charge in [-0.2, -0.15) is 0 Å². The topological polar surface area (TPSA) is 14.2 Å². The van der Waals surface area contributed by atoms with Crippen molar-refractivity contribution in [2.24, 2.45) is 0 Å². The highest BCUT2D eigenvalue weighted by Gasteiger charge is 2.13. The third-order valence-corrected chi connectivity index (χ3v) is 6.71. The van der Waals surface area contributed by atoms with Gasteiger partial charge in [-0.1, -0.05) is 48.5 Å². The fourth-order valence-electron chi connectivity index (χ4n) is 4.62. The van der Waals surface area contributed by atoms with Gasteiger partial charge in [0.15, 0.2) is 37.9 Å². The van der Waals surface area contributed by atoms with Gasteiger partial charge >= 0.3 is 0 Å². The Hall–Kier alpha value is -2.70. The molecular weight excluding hydrogens is 576 g/mol. The third-order valence-electron chi connectivity index (χ3n) is 6.71. The molecule has 4 nitrogen and oxygen atoms in total. The van der Waals surface area contributed by atoms with E-state index in [0.717, 1.165) is 13.1 Å². The van der Waals surface area contributed by atoms with E-state index in [4.69, 9.17) is 0 Å². The Morgan fingerprint density at radius 3 is 1.44 bits per heavy atom. The zero-order chi connectivity index (χ0) is 23.3. The maximum absolute atomic E-state index is 2.48. The minimum atomic E-state index is 0. The van der Waals surface area contributed by atoms with Gasteiger partial charge < -0.3 is 43.8 Å². The number of hydrogen-bond donors (Lipinski definition) is 0. The van der Waals surface area contributed by atoms with Crippen LogP contribution in [0.2, 0.25) is 0 Å². The quantitative estimate of drug-likeness (QED) is 0.242. The Balaban J connectivity index is 0.00000180. The molecule has 1 aliphatic rings. The predicted octanol–water partition coefficient (Wildman–Crippen LogP) is -1.30. The molecule has 1 aliphatic heterocycles. The number of nitrogens with zero attached hydrogens (tertiary/aromatic N) is 4. The molecule has 0 saturated carbocycles. The van der Waals surface area contributed by atoms with Gasteiger partial charge in [-0.3, -0.25) is 0 Å². The lowest BCUT2D eigenvalue weighted by Gasteiger charge is -2.16. The van der Waals surface area contributed by atoms with Crippen LogP contribution < -0.4 is 52.9 Å². The molecule has 188 valence electrons. The maximum atomic E-state index is 2.48. The van der Waals surface area contributed by atoms with E-state index in [-0.39, 0.29) is 34.0 Å². The lowest BCUT2D eigenvalue weighted by atomic mass is 10.0. The first kappa shape index (κ1) is 27.9. The van der Waals surface area contributed by atoms with Crippen LogP contribution in [0.15, 0.2) is 97.6 Å². The van der Waals surface area contributed by atoms with E-state index in [2.05, 4.69) is 131 Å². The van der Waals surface area contributed by atoms with E-state index in [1.54, 1.807) is 0 Å². The van der Waals surface area contributed by atoms with Crippen molar-refractivity contribution in [3.05, 3.63) is 109 Å². The summed E-state index contributed by atoms with van der Waals surface area (Å²) in [5.74, 6) is 0. The fourth-order valence-corrected chi connectivity index (χ4v) is 4.62. The molecule has 2 aromatic heterocycles. The molecule has 2 aromatic carbocycles. The van der Waals surface area contributed by atoms with Crippen molar-refractivity contribution in [3.8, 4) is 11.1 Å². The zero-order valence-electron chi connectivity index (χ0n) is 21.0. The summed E-state index contributed by atoms with van der Waals surface area (Å²) in [7, 11) is 4.13. The third kappa shape index (κ3) is 6.95. The molecule has 6 heteroatoms. The van der Waals surface area contributed by atoms with E-state index in [1.807, 2.05) is 0 Å². The molecule has 4 aromatic rings. The first-order chi connectivity index (χ1) is 16.6. The van der Waals surface area contributed by atoms with Crippen LogP contribution in [0.25, 0.3) is 11.1 Å². The normalized spacial score (nSPS) is 12.6. The van der Waals surface area contributed by atoms with E-state index >= 15 is 0 Å². The van der Waals surface area contributed by atoms with Crippen LogP contribution in [-0.4, -0.2) is 27.2 Å². The van der Waals surface area contributed by atoms with Gasteiger partial charge in [0.25, 0.3) is 0 Å². The molecule has 3 heterocycles. The number of benzene rings is 2. The molecule has 0 radical (unpaired) electrons.